The quantitative estimate of drug-likeness (QED) is 0.651. The second-order valence-electron chi connectivity index (χ2n) is 4.33. The highest BCUT2D eigenvalue weighted by Crippen LogP contribution is 2.05. The van der Waals surface area contributed by atoms with Crippen molar-refractivity contribution in [3.8, 4) is 0 Å². The van der Waals surface area contributed by atoms with Gasteiger partial charge in [-0.25, -0.2) is 5.01 Å². The van der Waals surface area contributed by atoms with Crippen LogP contribution in [0.15, 0.2) is 0 Å². The van der Waals surface area contributed by atoms with Crippen LogP contribution < -0.4 is 5.43 Å². The van der Waals surface area contributed by atoms with Gasteiger partial charge in [0.25, 0.3) is 0 Å². The van der Waals surface area contributed by atoms with Crippen molar-refractivity contribution in [3.63, 3.8) is 0 Å². The fraction of sp³-hybridized carbons (Fsp3) is 1.00. The molecule has 1 fully saturated rings. The maximum atomic E-state index is 9.62. The van der Waals surface area contributed by atoms with Crippen LogP contribution in [0.2, 0.25) is 0 Å². The number of hydrogen-bond donors (Lipinski definition) is 2. The molecule has 1 atom stereocenters. The zero-order chi connectivity index (χ0) is 10.4. The maximum Gasteiger partial charge on any atom is 0.0805 e. The summed E-state index contributed by atoms with van der Waals surface area (Å²) in [7, 11) is 3.95. The number of nitrogens with one attached hydrogen (secondary N) is 1. The average molecular weight is 201 g/mol. The number of likely N-dealkylation sites (N-methyl/N-ethyl adjacent to an activating group) is 1. The number of nitrogens with zero attached hydrogens (tertiary/aromatic N) is 2. The molecule has 1 saturated heterocycles. The predicted molar refractivity (Wildman–Crippen MR) is 58.0 cm³/mol. The summed E-state index contributed by atoms with van der Waals surface area (Å²) in [6.45, 7) is 3.63. The Balaban J connectivity index is 2.06. The molecular formula is C10H23N3O. The van der Waals surface area contributed by atoms with Crippen molar-refractivity contribution < 1.29 is 5.11 Å². The third-order valence-corrected chi connectivity index (χ3v) is 2.48. The molecule has 1 rings (SSSR count). The van der Waals surface area contributed by atoms with Gasteiger partial charge in [0.05, 0.1) is 6.10 Å². The summed E-state index contributed by atoms with van der Waals surface area (Å²) in [5, 5.41) is 11.8. The normalized spacial score (nSPS) is 21.4. The maximum absolute atomic E-state index is 9.62. The van der Waals surface area contributed by atoms with Gasteiger partial charge in [-0.1, -0.05) is 6.42 Å². The van der Waals surface area contributed by atoms with Crippen molar-refractivity contribution in [3.05, 3.63) is 0 Å². The lowest BCUT2D eigenvalue weighted by Gasteiger charge is -2.28. The molecule has 4 nitrogen and oxygen atoms in total. The second kappa shape index (κ2) is 6.35. The summed E-state index contributed by atoms with van der Waals surface area (Å²) < 4.78 is 0. The third-order valence-electron chi connectivity index (χ3n) is 2.48. The summed E-state index contributed by atoms with van der Waals surface area (Å²) in [4.78, 5) is 2.00. The van der Waals surface area contributed by atoms with E-state index in [1.54, 1.807) is 0 Å². The number of hydrogen-bond acceptors (Lipinski definition) is 4. The summed E-state index contributed by atoms with van der Waals surface area (Å²) in [5.74, 6) is 0. The van der Waals surface area contributed by atoms with Crippen LogP contribution in [-0.4, -0.2) is 61.4 Å². The van der Waals surface area contributed by atoms with E-state index in [4.69, 9.17) is 0 Å². The van der Waals surface area contributed by atoms with Crippen molar-refractivity contribution in [1.29, 1.82) is 0 Å². The molecule has 1 aliphatic rings. The molecule has 1 aliphatic heterocycles. The van der Waals surface area contributed by atoms with Crippen LogP contribution in [0.25, 0.3) is 0 Å². The molecule has 0 spiro atoms. The number of aliphatic hydroxyl groups excluding tert-OH is 1. The Labute approximate surface area is 86.9 Å². The Morgan fingerprint density at radius 1 is 1.29 bits per heavy atom. The summed E-state index contributed by atoms with van der Waals surface area (Å²) in [5.41, 5.74) is 3.28. The molecule has 0 aromatic rings. The number of aliphatic hydroxyl groups is 1. The van der Waals surface area contributed by atoms with E-state index in [0.29, 0.717) is 6.54 Å². The fourth-order valence-corrected chi connectivity index (χ4v) is 1.77. The Morgan fingerprint density at radius 2 is 1.93 bits per heavy atom. The van der Waals surface area contributed by atoms with Crippen LogP contribution in [-0.2, 0) is 0 Å². The first-order valence-corrected chi connectivity index (χ1v) is 5.49. The van der Waals surface area contributed by atoms with Gasteiger partial charge in [-0.2, -0.15) is 0 Å². The van der Waals surface area contributed by atoms with Crippen molar-refractivity contribution in [2.24, 2.45) is 0 Å². The summed E-state index contributed by atoms with van der Waals surface area (Å²) in [6.07, 6.45) is 3.62. The highest BCUT2D eigenvalue weighted by molar-refractivity contribution is 4.65. The van der Waals surface area contributed by atoms with E-state index in [2.05, 4.69) is 10.4 Å². The van der Waals surface area contributed by atoms with Crippen molar-refractivity contribution in [2.45, 2.75) is 25.4 Å². The molecule has 0 aromatic heterocycles. The van der Waals surface area contributed by atoms with Gasteiger partial charge in [0.15, 0.2) is 0 Å². The molecule has 0 amide bonds. The molecule has 2 N–H and O–H groups in total. The van der Waals surface area contributed by atoms with Crippen LogP contribution >= 0.6 is 0 Å². The van der Waals surface area contributed by atoms with E-state index in [0.717, 1.165) is 19.6 Å². The average Bonchev–Trinajstić information content (AvgIpc) is 2.15. The van der Waals surface area contributed by atoms with E-state index in [9.17, 15) is 5.11 Å². The molecule has 84 valence electrons. The largest absolute Gasteiger partial charge is 0.390 e. The van der Waals surface area contributed by atoms with Gasteiger partial charge < -0.3 is 10.0 Å². The lowest BCUT2D eigenvalue weighted by molar-refractivity contribution is 0.0840. The van der Waals surface area contributed by atoms with E-state index < -0.39 is 0 Å². The molecule has 1 heterocycles. The molecule has 14 heavy (non-hydrogen) atoms. The van der Waals surface area contributed by atoms with Crippen molar-refractivity contribution >= 4 is 0 Å². The van der Waals surface area contributed by atoms with Gasteiger partial charge in [0, 0.05) is 26.2 Å². The Hall–Kier alpha value is -0.160. The minimum atomic E-state index is -0.271. The minimum absolute atomic E-state index is 0.271. The molecular weight excluding hydrogens is 178 g/mol. The molecule has 4 heteroatoms. The first-order chi connectivity index (χ1) is 6.68. The van der Waals surface area contributed by atoms with E-state index in [-0.39, 0.29) is 6.10 Å². The minimum Gasteiger partial charge on any atom is -0.390 e. The predicted octanol–water partition coefficient (Wildman–Crippen LogP) is -0.101. The third kappa shape index (κ3) is 4.91. The first kappa shape index (κ1) is 11.9. The van der Waals surface area contributed by atoms with Crippen molar-refractivity contribution in [1.82, 2.24) is 15.3 Å². The molecule has 0 aliphatic carbocycles. The molecule has 0 radical (unpaired) electrons. The van der Waals surface area contributed by atoms with Crippen LogP contribution in [0.5, 0.6) is 0 Å². The monoisotopic (exact) mass is 201 g/mol. The molecule has 0 aromatic carbocycles. The van der Waals surface area contributed by atoms with Crippen molar-refractivity contribution in [2.75, 3.05) is 40.3 Å². The smallest absolute Gasteiger partial charge is 0.0805 e. The van der Waals surface area contributed by atoms with Crippen LogP contribution in [0.4, 0.5) is 0 Å². The highest BCUT2D eigenvalue weighted by atomic mass is 16.3. The zero-order valence-corrected chi connectivity index (χ0v) is 9.37. The second-order valence-corrected chi connectivity index (χ2v) is 4.33. The lowest BCUT2D eigenvalue weighted by Crippen LogP contribution is -2.46. The Morgan fingerprint density at radius 3 is 2.50 bits per heavy atom. The van der Waals surface area contributed by atoms with Gasteiger partial charge in [-0.05, 0) is 26.9 Å². The van der Waals surface area contributed by atoms with E-state index in [1.165, 1.54) is 19.3 Å². The van der Waals surface area contributed by atoms with Gasteiger partial charge in [0.1, 0.15) is 0 Å². The van der Waals surface area contributed by atoms with E-state index in [1.807, 2.05) is 19.0 Å². The van der Waals surface area contributed by atoms with Gasteiger partial charge in [-0.3, -0.25) is 5.43 Å². The van der Waals surface area contributed by atoms with Gasteiger partial charge in [-0.15, -0.1) is 0 Å². The van der Waals surface area contributed by atoms with E-state index >= 15 is 0 Å². The van der Waals surface area contributed by atoms with Crippen LogP contribution in [0.1, 0.15) is 19.3 Å². The molecule has 1 unspecified atom stereocenters. The number of rotatable bonds is 5. The fourth-order valence-electron chi connectivity index (χ4n) is 1.77. The lowest BCUT2D eigenvalue weighted by atomic mass is 10.2. The Kier molecular flexibility index (Phi) is 5.40. The summed E-state index contributed by atoms with van der Waals surface area (Å²) in [6, 6.07) is 0. The number of hydrazine groups is 1. The SMILES string of the molecule is CN(C)CC(O)CNN1CCCCC1. The number of piperidine rings is 1. The van der Waals surface area contributed by atoms with Crippen LogP contribution in [0, 0.1) is 0 Å². The van der Waals surface area contributed by atoms with Gasteiger partial charge in [0.2, 0.25) is 0 Å². The highest BCUT2D eigenvalue weighted by Gasteiger charge is 2.11. The molecule has 0 bridgehead atoms. The standard InChI is InChI=1S/C10H23N3O/c1-12(2)9-10(14)8-11-13-6-4-3-5-7-13/h10-11,14H,3-9H2,1-2H3. The topological polar surface area (TPSA) is 38.7 Å². The molecule has 0 saturated carbocycles. The zero-order valence-electron chi connectivity index (χ0n) is 9.37. The summed E-state index contributed by atoms with van der Waals surface area (Å²) >= 11 is 0. The Bertz CT molecular complexity index is 146. The van der Waals surface area contributed by atoms with Crippen LogP contribution in [0.3, 0.4) is 0 Å². The van der Waals surface area contributed by atoms with Gasteiger partial charge >= 0.3 is 0 Å². The first-order valence-electron chi connectivity index (χ1n) is 5.49.